The van der Waals surface area contributed by atoms with Crippen LogP contribution < -0.4 is 10.0 Å². The molecule has 0 heterocycles. The van der Waals surface area contributed by atoms with Crippen LogP contribution in [0.1, 0.15) is 36.6 Å². The van der Waals surface area contributed by atoms with E-state index in [2.05, 4.69) is 14.8 Å². The Kier molecular flexibility index (Phi) is 6.60. The van der Waals surface area contributed by atoms with Gasteiger partial charge >= 0.3 is 11.9 Å². The second-order valence-electron chi connectivity index (χ2n) is 6.10. The fourth-order valence-corrected chi connectivity index (χ4v) is 3.12. The minimum Gasteiger partial charge on any atom is -0.465 e. The summed E-state index contributed by atoms with van der Waals surface area (Å²) in [6, 6.07) is 8.41. The Hall–Kier alpha value is -3.40. The van der Waals surface area contributed by atoms with Crippen molar-refractivity contribution in [2.75, 3.05) is 30.5 Å². The first kappa shape index (κ1) is 21.9. The molecule has 154 valence electrons. The Labute approximate surface area is 168 Å². The van der Waals surface area contributed by atoms with Crippen molar-refractivity contribution in [2.24, 2.45) is 0 Å². The average molecular weight is 420 g/mol. The molecular formula is C19H20N2O7S. The Morgan fingerprint density at radius 1 is 0.862 bits per heavy atom. The molecule has 2 rings (SSSR count). The van der Waals surface area contributed by atoms with Crippen LogP contribution in [0.5, 0.6) is 0 Å². The standard InChI is InChI=1S/C19H20N2O7S/c1-11-9-12(6-8-15(11)21-29(4,25)26)17(22)20-16-10-13(18(23)27-2)5-7-14(16)19(24)28-3/h5-10,21H,1-4H3,(H,20,22). The second kappa shape index (κ2) is 8.74. The van der Waals surface area contributed by atoms with Gasteiger partial charge in [0.1, 0.15) is 0 Å². The van der Waals surface area contributed by atoms with Crippen LogP contribution in [0.15, 0.2) is 36.4 Å². The lowest BCUT2D eigenvalue weighted by atomic mass is 10.1. The number of hydrogen-bond acceptors (Lipinski definition) is 7. The summed E-state index contributed by atoms with van der Waals surface area (Å²) in [6.45, 7) is 1.64. The molecule has 0 radical (unpaired) electrons. The molecule has 0 fully saturated rings. The van der Waals surface area contributed by atoms with Gasteiger partial charge in [-0.2, -0.15) is 0 Å². The molecule has 29 heavy (non-hydrogen) atoms. The third-order valence-corrected chi connectivity index (χ3v) is 4.47. The summed E-state index contributed by atoms with van der Waals surface area (Å²) in [4.78, 5) is 36.4. The first-order chi connectivity index (χ1) is 13.6. The molecule has 0 aliphatic carbocycles. The highest BCUT2D eigenvalue weighted by atomic mass is 32.2. The SMILES string of the molecule is COC(=O)c1ccc(C(=O)OC)c(NC(=O)c2ccc(NS(C)(=O)=O)c(C)c2)c1. The number of methoxy groups -OCH3 is 2. The average Bonchev–Trinajstić information content (AvgIpc) is 2.67. The number of rotatable bonds is 6. The van der Waals surface area contributed by atoms with E-state index in [4.69, 9.17) is 4.74 Å². The number of esters is 2. The fraction of sp³-hybridized carbons (Fsp3) is 0.211. The van der Waals surface area contributed by atoms with Gasteiger partial charge in [0.05, 0.1) is 43.0 Å². The molecule has 9 nitrogen and oxygen atoms in total. The molecule has 2 aromatic rings. The van der Waals surface area contributed by atoms with E-state index in [9.17, 15) is 22.8 Å². The van der Waals surface area contributed by atoms with E-state index in [-0.39, 0.29) is 22.4 Å². The van der Waals surface area contributed by atoms with Crippen molar-refractivity contribution in [1.29, 1.82) is 0 Å². The largest absolute Gasteiger partial charge is 0.465 e. The van der Waals surface area contributed by atoms with Gasteiger partial charge in [-0.1, -0.05) is 0 Å². The van der Waals surface area contributed by atoms with E-state index in [0.29, 0.717) is 11.3 Å². The monoisotopic (exact) mass is 420 g/mol. The molecule has 0 aliphatic heterocycles. The third kappa shape index (κ3) is 5.55. The highest BCUT2D eigenvalue weighted by Crippen LogP contribution is 2.22. The lowest BCUT2D eigenvalue weighted by Gasteiger charge is -2.13. The lowest BCUT2D eigenvalue weighted by molar-refractivity contribution is 0.0587. The van der Waals surface area contributed by atoms with Gasteiger partial charge in [-0.3, -0.25) is 9.52 Å². The molecule has 0 saturated carbocycles. The molecule has 2 N–H and O–H groups in total. The zero-order chi connectivity index (χ0) is 21.8. The molecule has 1 amide bonds. The van der Waals surface area contributed by atoms with E-state index in [1.54, 1.807) is 6.92 Å². The highest BCUT2D eigenvalue weighted by Gasteiger charge is 2.18. The molecular weight excluding hydrogens is 400 g/mol. The van der Waals surface area contributed by atoms with Gasteiger partial charge in [0.25, 0.3) is 5.91 Å². The van der Waals surface area contributed by atoms with Crippen molar-refractivity contribution >= 4 is 39.2 Å². The molecule has 0 atom stereocenters. The van der Waals surface area contributed by atoms with Crippen molar-refractivity contribution in [2.45, 2.75) is 6.92 Å². The Bertz CT molecular complexity index is 1080. The Morgan fingerprint density at radius 2 is 1.48 bits per heavy atom. The number of amides is 1. The zero-order valence-electron chi connectivity index (χ0n) is 16.2. The predicted molar refractivity (Wildman–Crippen MR) is 107 cm³/mol. The topological polar surface area (TPSA) is 128 Å². The van der Waals surface area contributed by atoms with Gasteiger partial charge < -0.3 is 14.8 Å². The number of anilines is 2. The molecule has 2 aromatic carbocycles. The van der Waals surface area contributed by atoms with Crippen LogP contribution >= 0.6 is 0 Å². The first-order valence-electron chi connectivity index (χ1n) is 8.26. The Morgan fingerprint density at radius 3 is 2.03 bits per heavy atom. The number of carbonyl (C=O) groups is 3. The number of hydrogen-bond donors (Lipinski definition) is 2. The van der Waals surface area contributed by atoms with Crippen LogP contribution in [-0.4, -0.2) is 46.7 Å². The smallest absolute Gasteiger partial charge is 0.339 e. The van der Waals surface area contributed by atoms with Gasteiger partial charge in [0.15, 0.2) is 0 Å². The van der Waals surface area contributed by atoms with Crippen LogP contribution in [-0.2, 0) is 19.5 Å². The van der Waals surface area contributed by atoms with Crippen LogP contribution in [0.4, 0.5) is 11.4 Å². The summed E-state index contributed by atoms with van der Waals surface area (Å²) >= 11 is 0. The van der Waals surface area contributed by atoms with E-state index in [1.807, 2.05) is 0 Å². The minimum atomic E-state index is -3.46. The summed E-state index contributed by atoms with van der Waals surface area (Å²) in [6.07, 6.45) is 1.02. The number of nitrogens with one attached hydrogen (secondary N) is 2. The molecule has 0 spiro atoms. The van der Waals surface area contributed by atoms with Gasteiger partial charge in [-0.05, 0) is 48.9 Å². The first-order valence-corrected chi connectivity index (χ1v) is 10.2. The summed E-state index contributed by atoms with van der Waals surface area (Å²) in [5.74, 6) is -1.89. The van der Waals surface area contributed by atoms with Crippen molar-refractivity contribution in [3.05, 3.63) is 58.7 Å². The third-order valence-electron chi connectivity index (χ3n) is 3.88. The fourth-order valence-electron chi connectivity index (χ4n) is 2.49. The maximum Gasteiger partial charge on any atom is 0.339 e. The second-order valence-corrected chi connectivity index (χ2v) is 7.85. The van der Waals surface area contributed by atoms with Crippen molar-refractivity contribution < 1.29 is 32.3 Å². The molecule has 10 heteroatoms. The maximum atomic E-state index is 12.7. The number of aryl methyl sites for hydroxylation is 1. The summed E-state index contributed by atoms with van der Waals surface area (Å²) in [5.41, 5.74) is 1.35. The quantitative estimate of drug-likeness (QED) is 0.686. The number of carbonyl (C=O) groups excluding carboxylic acids is 3. The highest BCUT2D eigenvalue weighted by molar-refractivity contribution is 7.92. The van der Waals surface area contributed by atoms with Gasteiger partial charge in [0.2, 0.25) is 10.0 Å². The van der Waals surface area contributed by atoms with Crippen LogP contribution in [0.2, 0.25) is 0 Å². The van der Waals surface area contributed by atoms with Gasteiger partial charge in [-0.25, -0.2) is 18.0 Å². The van der Waals surface area contributed by atoms with Crippen LogP contribution in [0.25, 0.3) is 0 Å². The predicted octanol–water partition coefficient (Wildman–Crippen LogP) is 2.19. The number of sulfonamides is 1. The minimum absolute atomic E-state index is 0.0561. The zero-order valence-corrected chi connectivity index (χ0v) is 17.0. The van der Waals surface area contributed by atoms with E-state index < -0.39 is 27.9 Å². The summed E-state index contributed by atoms with van der Waals surface area (Å²) in [7, 11) is -1.06. The van der Waals surface area contributed by atoms with E-state index >= 15 is 0 Å². The summed E-state index contributed by atoms with van der Waals surface area (Å²) in [5, 5.41) is 2.57. The molecule has 0 unspecified atom stereocenters. The molecule has 0 bridgehead atoms. The van der Waals surface area contributed by atoms with Crippen molar-refractivity contribution in [3.63, 3.8) is 0 Å². The normalized spacial score (nSPS) is 10.8. The maximum absolute atomic E-state index is 12.7. The molecule has 0 aliphatic rings. The van der Waals surface area contributed by atoms with E-state index in [1.165, 1.54) is 50.6 Å². The van der Waals surface area contributed by atoms with E-state index in [0.717, 1.165) is 6.26 Å². The Balaban J connectivity index is 2.37. The van der Waals surface area contributed by atoms with Gasteiger partial charge in [0, 0.05) is 5.56 Å². The molecule has 0 aromatic heterocycles. The summed E-state index contributed by atoms with van der Waals surface area (Å²) < 4.78 is 34.5. The lowest BCUT2D eigenvalue weighted by Crippen LogP contribution is -2.17. The van der Waals surface area contributed by atoms with Crippen LogP contribution in [0, 0.1) is 6.92 Å². The van der Waals surface area contributed by atoms with Crippen molar-refractivity contribution in [1.82, 2.24) is 0 Å². The van der Waals surface area contributed by atoms with Crippen LogP contribution in [0.3, 0.4) is 0 Å². The molecule has 0 saturated heterocycles. The number of benzene rings is 2. The van der Waals surface area contributed by atoms with Crippen molar-refractivity contribution in [3.8, 4) is 0 Å². The number of ether oxygens (including phenoxy) is 2. The van der Waals surface area contributed by atoms with Gasteiger partial charge in [-0.15, -0.1) is 0 Å².